The van der Waals surface area contributed by atoms with Gasteiger partial charge in [0.15, 0.2) is 0 Å². The molecule has 0 saturated carbocycles. The molecule has 1 unspecified atom stereocenters. The van der Waals surface area contributed by atoms with Crippen LogP contribution in [0.5, 0.6) is 0 Å². The Balaban J connectivity index is 2.52. The molecule has 1 aromatic rings. The number of hydrogen-bond donors (Lipinski definition) is 2. The van der Waals surface area contributed by atoms with Crippen molar-refractivity contribution < 1.29 is 4.79 Å². The molecule has 0 spiro atoms. The molecule has 0 aliphatic carbocycles. The molecule has 1 amide bonds. The number of carbonyl (C=O) groups is 1. The molecule has 1 heterocycles. The van der Waals surface area contributed by atoms with E-state index in [4.69, 9.17) is 5.73 Å². The lowest BCUT2D eigenvalue weighted by molar-refractivity contribution is -0.125. The van der Waals surface area contributed by atoms with Gasteiger partial charge in [0.05, 0.1) is 18.2 Å². The first kappa shape index (κ1) is 14.6. The molecule has 0 fully saturated rings. The van der Waals surface area contributed by atoms with E-state index in [1.54, 1.807) is 6.20 Å². The average molecular weight is 249 g/mol. The number of nitrogens with one attached hydrogen (secondary N) is 1. The Bertz CT molecular complexity index is 390. The van der Waals surface area contributed by atoms with Crippen molar-refractivity contribution in [2.24, 2.45) is 17.6 Å². The van der Waals surface area contributed by atoms with Crippen molar-refractivity contribution in [2.45, 2.75) is 33.7 Å². The summed E-state index contributed by atoms with van der Waals surface area (Å²) in [4.78, 5) is 16.2. The quantitative estimate of drug-likeness (QED) is 0.805. The Kier molecular flexibility index (Phi) is 5.78. The zero-order valence-electron chi connectivity index (χ0n) is 11.4. The monoisotopic (exact) mass is 249 g/mol. The average Bonchev–Trinajstić information content (AvgIpc) is 2.34. The Morgan fingerprint density at radius 2 is 2.22 bits per heavy atom. The number of amides is 1. The Morgan fingerprint density at radius 3 is 2.78 bits per heavy atom. The minimum atomic E-state index is -0.103. The van der Waals surface area contributed by atoms with Gasteiger partial charge in [-0.1, -0.05) is 19.9 Å². The predicted octanol–water partition coefficient (Wildman–Crippen LogP) is 1.63. The van der Waals surface area contributed by atoms with E-state index in [0.717, 1.165) is 17.7 Å². The highest BCUT2D eigenvalue weighted by Gasteiger charge is 2.17. The van der Waals surface area contributed by atoms with E-state index in [-0.39, 0.29) is 11.8 Å². The van der Waals surface area contributed by atoms with Gasteiger partial charge in [-0.05, 0) is 30.9 Å². The fourth-order valence-electron chi connectivity index (χ4n) is 1.90. The van der Waals surface area contributed by atoms with Crippen molar-refractivity contribution in [3.8, 4) is 0 Å². The van der Waals surface area contributed by atoms with Crippen molar-refractivity contribution in [1.82, 2.24) is 10.3 Å². The van der Waals surface area contributed by atoms with Gasteiger partial charge in [-0.2, -0.15) is 0 Å². The molecular formula is C14H23N3O. The second kappa shape index (κ2) is 7.11. The molecule has 4 heteroatoms. The molecule has 1 rings (SSSR count). The molecule has 1 atom stereocenters. The number of carbonyl (C=O) groups excluding carboxylic acids is 1. The van der Waals surface area contributed by atoms with Crippen molar-refractivity contribution in [2.75, 3.05) is 6.54 Å². The minimum absolute atomic E-state index is 0.0243. The molecule has 100 valence electrons. The molecule has 0 aliphatic rings. The van der Waals surface area contributed by atoms with Crippen LogP contribution >= 0.6 is 0 Å². The van der Waals surface area contributed by atoms with Crippen LogP contribution in [0.2, 0.25) is 0 Å². The molecule has 3 N–H and O–H groups in total. The number of pyridine rings is 1. The summed E-state index contributed by atoms with van der Waals surface area (Å²) in [7, 11) is 0. The topological polar surface area (TPSA) is 68.0 Å². The molecule has 0 radical (unpaired) electrons. The molecular weight excluding hydrogens is 226 g/mol. The highest BCUT2D eigenvalue weighted by Crippen LogP contribution is 2.11. The molecule has 0 aliphatic heterocycles. The maximum Gasteiger partial charge on any atom is 0.224 e. The van der Waals surface area contributed by atoms with Gasteiger partial charge in [0.2, 0.25) is 5.91 Å². The fraction of sp³-hybridized carbons (Fsp3) is 0.571. The minimum Gasteiger partial charge on any atom is -0.350 e. The van der Waals surface area contributed by atoms with Crippen LogP contribution in [-0.4, -0.2) is 17.4 Å². The normalized spacial score (nSPS) is 12.5. The predicted molar refractivity (Wildman–Crippen MR) is 72.8 cm³/mol. The van der Waals surface area contributed by atoms with E-state index in [0.29, 0.717) is 19.0 Å². The van der Waals surface area contributed by atoms with Gasteiger partial charge in [-0.3, -0.25) is 9.78 Å². The van der Waals surface area contributed by atoms with Gasteiger partial charge in [0, 0.05) is 12.7 Å². The largest absolute Gasteiger partial charge is 0.350 e. The number of rotatable bonds is 6. The highest BCUT2D eigenvalue weighted by molar-refractivity contribution is 5.78. The van der Waals surface area contributed by atoms with Crippen LogP contribution in [0, 0.1) is 18.8 Å². The Hall–Kier alpha value is -1.42. The van der Waals surface area contributed by atoms with Gasteiger partial charge in [-0.25, -0.2) is 0 Å². The smallest absolute Gasteiger partial charge is 0.224 e. The first-order chi connectivity index (χ1) is 8.54. The number of aromatic nitrogens is 1. The van der Waals surface area contributed by atoms with Crippen LogP contribution in [0.4, 0.5) is 0 Å². The maximum absolute atomic E-state index is 12.0. The maximum atomic E-state index is 12.0. The molecule has 0 saturated heterocycles. The molecule has 18 heavy (non-hydrogen) atoms. The van der Waals surface area contributed by atoms with Crippen LogP contribution in [0.25, 0.3) is 0 Å². The van der Waals surface area contributed by atoms with E-state index < -0.39 is 0 Å². The summed E-state index contributed by atoms with van der Waals surface area (Å²) in [6.07, 6.45) is 2.56. The first-order valence-corrected chi connectivity index (χ1v) is 6.42. The highest BCUT2D eigenvalue weighted by atomic mass is 16.1. The molecule has 0 bridgehead atoms. The standard InChI is InChI=1S/C14H23N3O/c1-10(2)7-12(8-15)14(18)17-9-13-11(3)5-4-6-16-13/h4-6,10,12H,7-9,15H2,1-3H3,(H,17,18). The molecule has 1 aromatic heterocycles. The number of aryl methyl sites for hydroxylation is 1. The third-order valence-electron chi connectivity index (χ3n) is 2.96. The lowest BCUT2D eigenvalue weighted by Crippen LogP contribution is -2.35. The van der Waals surface area contributed by atoms with Crippen LogP contribution in [0.1, 0.15) is 31.5 Å². The lowest BCUT2D eigenvalue weighted by Gasteiger charge is -2.17. The summed E-state index contributed by atoms with van der Waals surface area (Å²) < 4.78 is 0. The SMILES string of the molecule is Cc1cccnc1CNC(=O)C(CN)CC(C)C. The number of nitrogens with zero attached hydrogens (tertiary/aromatic N) is 1. The third-order valence-corrected chi connectivity index (χ3v) is 2.96. The summed E-state index contributed by atoms with van der Waals surface area (Å²) in [6, 6.07) is 3.88. The Labute approximate surface area is 109 Å². The molecule has 0 aromatic carbocycles. The summed E-state index contributed by atoms with van der Waals surface area (Å²) in [5.41, 5.74) is 7.64. The van der Waals surface area contributed by atoms with E-state index in [1.165, 1.54) is 0 Å². The van der Waals surface area contributed by atoms with Crippen LogP contribution in [-0.2, 0) is 11.3 Å². The first-order valence-electron chi connectivity index (χ1n) is 6.42. The summed E-state index contributed by atoms with van der Waals surface area (Å²) in [5.74, 6) is 0.395. The van der Waals surface area contributed by atoms with Crippen LogP contribution in [0.3, 0.4) is 0 Å². The zero-order chi connectivity index (χ0) is 13.5. The second-order valence-electron chi connectivity index (χ2n) is 5.05. The molecule has 4 nitrogen and oxygen atoms in total. The van der Waals surface area contributed by atoms with Crippen LogP contribution < -0.4 is 11.1 Å². The van der Waals surface area contributed by atoms with Crippen molar-refractivity contribution in [1.29, 1.82) is 0 Å². The Morgan fingerprint density at radius 1 is 1.50 bits per heavy atom. The lowest BCUT2D eigenvalue weighted by atomic mass is 9.96. The van der Waals surface area contributed by atoms with E-state index in [9.17, 15) is 4.79 Å². The van der Waals surface area contributed by atoms with Gasteiger partial charge in [0.25, 0.3) is 0 Å². The van der Waals surface area contributed by atoms with Crippen molar-refractivity contribution in [3.63, 3.8) is 0 Å². The number of nitrogens with two attached hydrogens (primary N) is 1. The number of hydrogen-bond acceptors (Lipinski definition) is 3. The summed E-state index contributed by atoms with van der Waals surface area (Å²) in [6.45, 7) is 7.05. The van der Waals surface area contributed by atoms with Crippen molar-refractivity contribution >= 4 is 5.91 Å². The third kappa shape index (κ3) is 4.45. The summed E-state index contributed by atoms with van der Waals surface area (Å²) >= 11 is 0. The van der Waals surface area contributed by atoms with Crippen LogP contribution in [0.15, 0.2) is 18.3 Å². The van der Waals surface area contributed by atoms with E-state index in [1.807, 2.05) is 19.1 Å². The zero-order valence-corrected chi connectivity index (χ0v) is 11.4. The van der Waals surface area contributed by atoms with E-state index in [2.05, 4.69) is 24.1 Å². The van der Waals surface area contributed by atoms with Gasteiger partial charge in [-0.15, -0.1) is 0 Å². The van der Waals surface area contributed by atoms with Gasteiger partial charge >= 0.3 is 0 Å². The fourth-order valence-corrected chi connectivity index (χ4v) is 1.90. The summed E-state index contributed by atoms with van der Waals surface area (Å²) in [5, 5.41) is 2.91. The van der Waals surface area contributed by atoms with E-state index >= 15 is 0 Å². The van der Waals surface area contributed by atoms with Crippen molar-refractivity contribution in [3.05, 3.63) is 29.6 Å². The van der Waals surface area contributed by atoms with Gasteiger partial charge in [0.1, 0.15) is 0 Å². The van der Waals surface area contributed by atoms with Gasteiger partial charge < -0.3 is 11.1 Å². The second-order valence-corrected chi connectivity index (χ2v) is 5.05.